The summed E-state index contributed by atoms with van der Waals surface area (Å²) in [5.74, 6) is 5.80. The summed E-state index contributed by atoms with van der Waals surface area (Å²) in [6.45, 7) is 3.72. The van der Waals surface area contributed by atoms with E-state index in [4.69, 9.17) is 11.6 Å². The molecular formula is C14H16FN5. The summed E-state index contributed by atoms with van der Waals surface area (Å²) < 4.78 is 15.5. The third-order valence-electron chi connectivity index (χ3n) is 3.61. The van der Waals surface area contributed by atoms with E-state index < -0.39 is 0 Å². The van der Waals surface area contributed by atoms with Crippen LogP contribution in [0.2, 0.25) is 0 Å². The second kappa shape index (κ2) is 4.35. The Kier molecular flexibility index (Phi) is 2.76. The minimum atomic E-state index is -0.339. The minimum absolute atomic E-state index is 0.339. The smallest absolute Gasteiger partial charge is 0.125 e. The van der Waals surface area contributed by atoms with Crippen LogP contribution in [0.15, 0.2) is 35.9 Å². The van der Waals surface area contributed by atoms with Crippen LogP contribution < -0.4 is 16.6 Å². The number of allylic oxidation sites excluding steroid dienone is 2. The average molecular weight is 273 g/mol. The zero-order chi connectivity index (χ0) is 14.4. The van der Waals surface area contributed by atoms with Crippen molar-refractivity contribution in [2.45, 2.75) is 20.3 Å². The lowest BCUT2D eigenvalue weighted by Crippen LogP contribution is -2.32. The molecule has 1 aromatic heterocycles. The van der Waals surface area contributed by atoms with Crippen LogP contribution >= 0.6 is 0 Å². The van der Waals surface area contributed by atoms with Gasteiger partial charge in [0.1, 0.15) is 5.82 Å². The largest absolute Gasteiger partial charge is 0.401 e. The third kappa shape index (κ3) is 1.77. The van der Waals surface area contributed by atoms with Crippen molar-refractivity contribution in [2.24, 2.45) is 11.6 Å². The quantitative estimate of drug-likeness (QED) is 0.717. The Morgan fingerprint density at radius 2 is 2.10 bits per heavy atom. The molecule has 0 bridgehead atoms. The summed E-state index contributed by atoms with van der Waals surface area (Å²) in [6.07, 6.45) is 2.28. The highest BCUT2D eigenvalue weighted by atomic mass is 19.1. The van der Waals surface area contributed by atoms with Gasteiger partial charge in [-0.25, -0.2) is 15.2 Å². The molecule has 1 aliphatic rings. The highest BCUT2D eigenvalue weighted by molar-refractivity contribution is 5.67. The highest BCUT2D eigenvalue weighted by Crippen LogP contribution is 2.33. The molecule has 0 atom stereocenters. The van der Waals surface area contributed by atoms with Crippen molar-refractivity contribution in [1.29, 1.82) is 0 Å². The summed E-state index contributed by atoms with van der Waals surface area (Å²) in [5.41, 5.74) is 10.6. The van der Waals surface area contributed by atoms with Crippen LogP contribution in [-0.4, -0.2) is 9.55 Å². The first-order valence-corrected chi connectivity index (χ1v) is 6.32. The Balaban J connectivity index is 2.35. The summed E-state index contributed by atoms with van der Waals surface area (Å²) in [4.78, 5) is 4.33. The fraction of sp³-hybridized carbons (Fsp3) is 0.214. The number of fused-ring (bicyclic) bond motifs is 3. The van der Waals surface area contributed by atoms with Crippen LogP contribution in [0.3, 0.4) is 0 Å². The third-order valence-corrected chi connectivity index (χ3v) is 3.61. The van der Waals surface area contributed by atoms with E-state index in [2.05, 4.69) is 4.98 Å². The molecule has 0 spiro atoms. The Labute approximate surface area is 116 Å². The molecule has 0 amide bonds. The van der Waals surface area contributed by atoms with Gasteiger partial charge in [-0.1, -0.05) is 0 Å². The molecule has 6 heteroatoms. The van der Waals surface area contributed by atoms with Gasteiger partial charge in [-0.05, 0) is 26.0 Å². The van der Waals surface area contributed by atoms with Gasteiger partial charge in [0.15, 0.2) is 0 Å². The van der Waals surface area contributed by atoms with E-state index in [1.54, 1.807) is 19.3 Å². The molecule has 0 aliphatic carbocycles. The number of anilines is 1. The molecule has 0 unspecified atom stereocenters. The first kappa shape index (κ1) is 12.7. The number of aryl methyl sites for hydroxylation is 1. The van der Waals surface area contributed by atoms with Crippen LogP contribution in [0.1, 0.15) is 18.3 Å². The maximum Gasteiger partial charge on any atom is 0.125 e. The number of hydrogen-bond acceptors (Lipinski definition) is 4. The molecule has 4 N–H and O–H groups in total. The van der Waals surface area contributed by atoms with Crippen LogP contribution in [0.5, 0.6) is 0 Å². The zero-order valence-electron chi connectivity index (χ0n) is 11.4. The van der Waals surface area contributed by atoms with Crippen molar-refractivity contribution < 1.29 is 4.39 Å². The van der Waals surface area contributed by atoms with Gasteiger partial charge in [-0.15, -0.1) is 0 Å². The number of rotatable bonds is 0. The first-order chi connectivity index (χ1) is 9.49. The molecule has 1 aliphatic heterocycles. The molecule has 5 nitrogen and oxygen atoms in total. The first-order valence-electron chi connectivity index (χ1n) is 6.32. The summed E-state index contributed by atoms with van der Waals surface area (Å²) in [6, 6.07) is 4.52. The van der Waals surface area contributed by atoms with E-state index in [0.717, 1.165) is 22.8 Å². The van der Waals surface area contributed by atoms with Crippen molar-refractivity contribution in [2.75, 3.05) is 5.01 Å². The van der Waals surface area contributed by atoms with Crippen molar-refractivity contribution >= 4 is 5.69 Å². The number of aromatic nitrogens is 2. The van der Waals surface area contributed by atoms with Gasteiger partial charge in [0.25, 0.3) is 0 Å². The molecule has 3 rings (SSSR count). The summed E-state index contributed by atoms with van der Waals surface area (Å²) in [5, 5.41) is 1.46. The molecular weight excluding hydrogens is 257 g/mol. The van der Waals surface area contributed by atoms with Gasteiger partial charge >= 0.3 is 0 Å². The number of nitrogens with two attached hydrogens (primary N) is 2. The van der Waals surface area contributed by atoms with Crippen molar-refractivity contribution in [3.8, 4) is 5.69 Å². The second-order valence-corrected chi connectivity index (χ2v) is 4.96. The monoisotopic (exact) mass is 273 g/mol. The molecule has 0 fully saturated rings. The normalized spacial score (nSPS) is 16.5. The number of hydrogen-bond donors (Lipinski definition) is 2. The van der Waals surface area contributed by atoms with Crippen LogP contribution in [-0.2, 0) is 6.42 Å². The molecule has 20 heavy (non-hydrogen) atoms. The average Bonchev–Trinajstić information content (AvgIpc) is 2.70. The maximum absolute atomic E-state index is 13.6. The van der Waals surface area contributed by atoms with Gasteiger partial charge < -0.3 is 10.3 Å². The summed E-state index contributed by atoms with van der Waals surface area (Å²) >= 11 is 0. The number of benzene rings is 1. The maximum atomic E-state index is 13.6. The van der Waals surface area contributed by atoms with Gasteiger partial charge in [0, 0.05) is 18.2 Å². The summed E-state index contributed by atoms with van der Waals surface area (Å²) in [7, 11) is 0. The lowest BCUT2D eigenvalue weighted by molar-refractivity contribution is 0.627. The molecule has 2 heterocycles. The minimum Gasteiger partial charge on any atom is -0.401 e. The van der Waals surface area contributed by atoms with E-state index >= 15 is 0 Å². The standard InChI is InChI=1S/C14H16FN5/c1-8(16)12-6-13-9(2)18-7-19(13)11-4-3-10(15)5-14(11)20(12)17/h3-5,7H,6,16-17H2,1-2H3/b12-8-. The number of imidazole rings is 1. The Morgan fingerprint density at radius 1 is 1.35 bits per heavy atom. The van der Waals surface area contributed by atoms with E-state index in [9.17, 15) is 4.39 Å². The number of halogens is 1. The van der Waals surface area contributed by atoms with E-state index in [1.807, 2.05) is 11.5 Å². The van der Waals surface area contributed by atoms with Gasteiger partial charge in [0.05, 0.1) is 34.8 Å². The Bertz CT molecular complexity index is 712. The molecule has 104 valence electrons. The fourth-order valence-electron chi connectivity index (χ4n) is 2.50. The lowest BCUT2D eigenvalue weighted by Gasteiger charge is -2.22. The molecule has 2 aromatic rings. The predicted molar refractivity (Wildman–Crippen MR) is 75.5 cm³/mol. The van der Waals surface area contributed by atoms with Gasteiger partial charge in [-0.3, -0.25) is 5.01 Å². The molecule has 0 saturated carbocycles. The molecule has 0 saturated heterocycles. The Hall–Kier alpha value is -2.34. The lowest BCUT2D eigenvalue weighted by atomic mass is 10.2. The Morgan fingerprint density at radius 3 is 2.80 bits per heavy atom. The van der Waals surface area contributed by atoms with Crippen molar-refractivity contribution in [3.05, 3.63) is 53.1 Å². The molecule has 0 radical (unpaired) electrons. The molecule has 1 aromatic carbocycles. The number of nitrogens with zero attached hydrogens (tertiary/aromatic N) is 3. The number of hydrazine groups is 1. The highest BCUT2D eigenvalue weighted by Gasteiger charge is 2.24. The van der Waals surface area contributed by atoms with Gasteiger partial charge in [0.2, 0.25) is 0 Å². The van der Waals surface area contributed by atoms with E-state index in [1.165, 1.54) is 17.1 Å². The van der Waals surface area contributed by atoms with E-state index in [-0.39, 0.29) is 5.82 Å². The van der Waals surface area contributed by atoms with Crippen molar-refractivity contribution in [3.63, 3.8) is 0 Å². The SMILES string of the molecule is C/C(N)=C1\Cc2c(C)ncn2-c2ccc(F)cc2N1N. The fourth-order valence-corrected chi connectivity index (χ4v) is 2.50. The van der Waals surface area contributed by atoms with Crippen LogP contribution in [0.4, 0.5) is 10.1 Å². The van der Waals surface area contributed by atoms with Crippen LogP contribution in [0.25, 0.3) is 5.69 Å². The predicted octanol–water partition coefficient (Wildman–Crippen LogP) is 1.75. The zero-order valence-corrected chi connectivity index (χ0v) is 11.4. The van der Waals surface area contributed by atoms with E-state index in [0.29, 0.717) is 17.8 Å². The topological polar surface area (TPSA) is 73.1 Å². The van der Waals surface area contributed by atoms with Crippen LogP contribution in [0, 0.1) is 12.7 Å². The second-order valence-electron chi connectivity index (χ2n) is 4.96. The van der Waals surface area contributed by atoms with Crippen molar-refractivity contribution in [1.82, 2.24) is 9.55 Å². The van der Waals surface area contributed by atoms with Gasteiger partial charge in [-0.2, -0.15) is 0 Å².